The van der Waals surface area contributed by atoms with Crippen LogP contribution in [0.3, 0.4) is 0 Å². The van der Waals surface area contributed by atoms with Gasteiger partial charge in [0, 0.05) is 4.88 Å². The largest absolute Gasteiger partial charge is 0.321 e. The van der Waals surface area contributed by atoms with Crippen molar-refractivity contribution in [1.29, 1.82) is 5.26 Å². The van der Waals surface area contributed by atoms with Crippen LogP contribution in [0.5, 0.6) is 0 Å². The molecule has 0 unspecified atom stereocenters. The molecular weight excluding hydrogens is 156 g/mol. The molecule has 56 valence electrons. The van der Waals surface area contributed by atoms with Crippen LogP contribution < -0.4 is 5.73 Å². The SMILES string of the molecule is N#Cc1ccc(C2(N)CC2)s1. The fourth-order valence-electron chi connectivity index (χ4n) is 1.05. The Labute approximate surface area is 69.3 Å². The smallest absolute Gasteiger partial charge is 0.110 e. The predicted molar refractivity (Wildman–Crippen MR) is 44.1 cm³/mol. The van der Waals surface area contributed by atoms with Crippen molar-refractivity contribution in [1.82, 2.24) is 0 Å². The Morgan fingerprint density at radius 3 is 2.73 bits per heavy atom. The molecule has 0 aromatic carbocycles. The number of nitrogens with zero attached hydrogens (tertiary/aromatic N) is 1. The topological polar surface area (TPSA) is 49.8 Å². The van der Waals surface area contributed by atoms with Gasteiger partial charge in [-0.2, -0.15) is 5.26 Å². The molecule has 1 aliphatic rings. The van der Waals surface area contributed by atoms with Gasteiger partial charge in [0.15, 0.2) is 0 Å². The maximum absolute atomic E-state index is 8.56. The van der Waals surface area contributed by atoms with Gasteiger partial charge in [-0.15, -0.1) is 11.3 Å². The molecule has 0 atom stereocenters. The highest BCUT2D eigenvalue weighted by atomic mass is 32.1. The molecule has 0 saturated heterocycles. The number of nitrogens with two attached hydrogens (primary N) is 1. The van der Waals surface area contributed by atoms with Crippen molar-refractivity contribution in [2.45, 2.75) is 18.4 Å². The summed E-state index contributed by atoms with van der Waals surface area (Å²) in [5.41, 5.74) is 5.87. The molecule has 2 nitrogen and oxygen atoms in total. The van der Waals surface area contributed by atoms with Gasteiger partial charge in [0.2, 0.25) is 0 Å². The third-order valence-corrected chi connectivity index (χ3v) is 3.21. The van der Waals surface area contributed by atoms with Gasteiger partial charge in [-0.25, -0.2) is 0 Å². The van der Waals surface area contributed by atoms with E-state index in [2.05, 4.69) is 6.07 Å². The first-order valence-corrected chi connectivity index (χ1v) is 4.35. The zero-order chi connectivity index (χ0) is 7.90. The molecule has 1 aromatic rings. The fourth-order valence-corrected chi connectivity index (χ4v) is 2.01. The summed E-state index contributed by atoms with van der Waals surface area (Å²) in [6.45, 7) is 0. The second-order valence-electron chi connectivity index (χ2n) is 2.93. The molecule has 0 bridgehead atoms. The molecule has 3 heteroatoms. The van der Waals surface area contributed by atoms with Crippen molar-refractivity contribution in [2.75, 3.05) is 0 Å². The average Bonchev–Trinajstić information content (AvgIpc) is 2.61. The van der Waals surface area contributed by atoms with Gasteiger partial charge in [0.05, 0.1) is 5.54 Å². The number of hydrogen-bond acceptors (Lipinski definition) is 3. The quantitative estimate of drug-likeness (QED) is 0.684. The third-order valence-electron chi connectivity index (χ3n) is 2.00. The molecule has 0 aliphatic heterocycles. The van der Waals surface area contributed by atoms with Crippen LogP contribution in [0.1, 0.15) is 22.6 Å². The Morgan fingerprint density at radius 2 is 2.27 bits per heavy atom. The van der Waals surface area contributed by atoms with E-state index in [1.807, 2.05) is 12.1 Å². The average molecular weight is 164 g/mol. The second kappa shape index (κ2) is 2.07. The highest BCUT2D eigenvalue weighted by Crippen LogP contribution is 2.45. The number of thiophene rings is 1. The van der Waals surface area contributed by atoms with Crippen LogP contribution >= 0.6 is 11.3 Å². The van der Waals surface area contributed by atoms with Crippen molar-refractivity contribution in [2.24, 2.45) is 5.73 Å². The van der Waals surface area contributed by atoms with Gasteiger partial charge in [-0.3, -0.25) is 0 Å². The second-order valence-corrected chi connectivity index (χ2v) is 4.02. The minimum atomic E-state index is -0.0697. The Bertz CT molecular complexity index is 317. The Balaban J connectivity index is 2.34. The third kappa shape index (κ3) is 1.05. The molecular formula is C8H8N2S. The van der Waals surface area contributed by atoms with E-state index in [1.165, 1.54) is 11.3 Å². The van der Waals surface area contributed by atoms with Crippen molar-refractivity contribution in [3.05, 3.63) is 21.9 Å². The normalized spacial score (nSPS) is 19.3. The summed E-state index contributed by atoms with van der Waals surface area (Å²) in [4.78, 5) is 1.92. The van der Waals surface area contributed by atoms with E-state index in [0.29, 0.717) is 0 Å². The zero-order valence-corrected chi connectivity index (χ0v) is 6.82. The molecule has 1 aliphatic carbocycles. The van der Waals surface area contributed by atoms with Crippen molar-refractivity contribution in [3.63, 3.8) is 0 Å². The predicted octanol–water partition coefficient (Wildman–Crippen LogP) is 1.57. The van der Waals surface area contributed by atoms with Gasteiger partial charge < -0.3 is 5.73 Å². The van der Waals surface area contributed by atoms with Crippen molar-refractivity contribution in [3.8, 4) is 6.07 Å². The van der Waals surface area contributed by atoms with Crippen LogP contribution in [0.15, 0.2) is 12.1 Å². The maximum atomic E-state index is 8.56. The summed E-state index contributed by atoms with van der Waals surface area (Å²) in [5, 5.41) is 8.56. The number of hydrogen-bond donors (Lipinski definition) is 1. The van der Waals surface area contributed by atoms with Crippen LogP contribution in [0.25, 0.3) is 0 Å². The summed E-state index contributed by atoms with van der Waals surface area (Å²) < 4.78 is 0. The molecule has 1 heterocycles. The number of nitriles is 1. The molecule has 2 rings (SSSR count). The molecule has 1 aromatic heterocycles. The van der Waals surface area contributed by atoms with Crippen LogP contribution in [-0.2, 0) is 5.54 Å². The number of rotatable bonds is 1. The summed E-state index contributed by atoms with van der Waals surface area (Å²) in [6, 6.07) is 5.92. The lowest BCUT2D eigenvalue weighted by atomic mass is 10.2. The molecule has 0 amide bonds. The Kier molecular flexibility index (Phi) is 1.28. The first-order chi connectivity index (χ1) is 5.24. The van der Waals surface area contributed by atoms with E-state index in [1.54, 1.807) is 0 Å². The monoisotopic (exact) mass is 164 g/mol. The molecule has 1 saturated carbocycles. The van der Waals surface area contributed by atoms with Crippen molar-refractivity contribution >= 4 is 11.3 Å². The lowest BCUT2D eigenvalue weighted by molar-refractivity contribution is 0.759. The van der Waals surface area contributed by atoms with Crippen LogP contribution in [-0.4, -0.2) is 0 Å². The van der Waals surface area contributed by atoms with Gasteiger partial charge in [0.25, 0.3) is 0 Å². The molecule has 1 fully saturated rings. The molecule has 2 N–H and O–H groups in total. The Morgan fingerprint density at radius 1 is 1.55 bits per heavy atom. The highest BCUT2D eigenvalue weighted by Gasteiger charge is 2.41. The van der Waals surface area contributed by atoms with Gasteiger partial charge >= 0.3 is 0 Å². The van der Waals surface area contributed by atoms with Gasteiger partial charge in [-0.1, -0.05) is 0 Å². The molecule has 11 heavy (non-hydrogen) atoms. The first kappa shape index (κ1) is 6.84. The zero-order valence-electron chi connectivity index (χ0n) is 6.00. The summed E-state index contributed by atoms with van der Waals surface area (Å²) >= 11 is 1.52. The minimum absolute atomic E-state index is 0.0697. The van der Waals surface area contributed by atoms with E-state index < -0.39 is 0 Å². The first-order valence-electron chi connectivity index (χ1n) is 3.54. The molecule has 0 spiro atoms. The van der Waals surface area contributed by atoms with Crippen molar-refractivity contribution < 1.29 is 0 Å². The summed E-state index contributed by atoms with van der Waals surface area (Å²) in [7, 11) is 0. The lowest BCUT2D eigenvalue weighted by Gasteiger charge is -2.01. The van der Waals surface area contributed by atoms with Gasteiger partial charge in [-0.05, 0) is 25.0 Å². The fraction of sp³-hybridized carbons (Fsp3) is 0.375. The van der Waals surface area contributed by atoms with Crippen LogP contribution in [0.2, 0.25) is 0 Å². The van der Waals surface area contributed by atoms with E-state index in [-0.39, 0.29) is 5.54 Å². The highest BCUT2D eigenvalue weighted by molar-refractivity contribution is 7.12. The Hall–Kier alpha value is -0.850. The van der Waals surface area contributed by atoms with Crippen LogP contribution in [0, 0.1) is 11.3 Å². The lowest BCUT2D eigenvalue weighted by Crippen LogP contribution is -2.16. The maximum Gasteiger partial charge on any atom is 0.110 e. The van der Waals surface area contributed by atoms with Gasteiger partial charge in [0.1, 0.15) is 10.9 Å². The van der Waals surface area contributed by atoms with E-state index in [4.69, 9.17) is 11.0 Å². The summed E-state index contributed by atoms with van der Waals surface area (Å²) in [6.07, 6.45) is 2.14. The standard InChI is InChI=1S/C8H8N2S/c9-5-6-1-2-7(11-6)8(10)3-4-8/h1-2H,3-4,10H2. The summed E-state index contributed by atoms with van der Waals surface area (Å²) in [5.74, 6) is 0. The van der Waals surface area contributed by atoms with E-state index in [9.17, 15) is 0 Å². The molecule has 0 radical (unpaired) electrons. The minimum Gasteiger partial charge on any atom is -0.321 e. The van der Waals surface area contributed by atoms with E-state index >= 15 is 0 Å². The van der Waals surface area contributed by atoms with Crippen LogP contribution in [0.4, 0.5) is 0 Å². The van der Waals surface area contributed by atoms with E-state index in [0.717, 1.165) is 22.6 Å².